The number of halogens is 1. The molecule has 0 saturated heterocycles. The van der Waals surface area contributed by atoms with E-state index in [2.05, 4.69) is 15.0 Å². The highest BCUT2D eigenvalue weighted by Gasteiger charge is 2.14. The van der Waals surface area contributed by atoms with Crippen molar-refractivity contribution in [1.82, 2.24) is 19.5 Å². The third-order valence-corrected chi connectivity index (χ3v) is 3.48. The summed E-state index contributed by atoms with van der Waals surface area (Å²) in [6.07, 6.45) is 2.54. The Morgan fingerprint density at radius 1 is 1.18 bits per heavy atom. The molecule has 6 nitrogen and oxygen atoms in total. The zero-order valence-corrected chi connectivity index (χ0v) is 12.7. The molecule has 2 heterocycles. The number of rotatable bonds is 6. The van der Waals surface area contributed by atoms with Gasteiger partial charge < -0.3 is 15.0 Å². The van der Waals surface area contributed by atoms with E-state index in [-0.39, 0.29) is 5.95 Å². The predicted molar refractivity (Wildman–Crippen MR) is 85.8 cm³/mol. The Bertz CT molecular complexity index is 759. The molecule has 1 aromatic carbocycles. The van der Waals surface area contributed by atoms with Crippen molar-refractivity contribution in [2.75, 3.05) is 11.6 Å². The van der Waals surface area contributed by atoms with Crippen LogP contribution in [0.15, 0.2) is 36.7 Å². The van der Waals surface area contributed by atoms with Crippen molar-refractivity contribution in [2.24, 2.45) is 0 Å². The SMILES string of the molecule is Nc1nc(OCc2ccccc2)c2c(ncn2CCCCl)n1. The molecule has 0 aliphatic heterocycles. The first kappa shape index (κ1) is 14.6. The van der Waals surface area contributed by atoms with Crippen LogP contribution in [0, 0.1) is 0 Å². The lowest BCUT2D eigenvalue weighted by Crippen LogP contribution is -2.05. The van der Waals surface area contributed by atoms with E-state index in [0.717, 1.165) is 24.0 Å². The topological polar surface area (TPSA) is 78.9 Å². The van der Waals surface area contributed by atoms with Crippen molar-refractivity contribution in [3.8, 4) is 5.88 Å². The molecular weight excluding hydrogens is 302 g/mol. The molecule has 0 radical (unpaired) electrons. The van der Waals surface area contributed by atoms with Crippen molar-refractivity contribution in [2.45, 2.75) is 19.6 Å². The van der Waals surface area contributed by atoms with Crippen LogP contribution in [0.2, 0.25) is 0 Å². The van der Waals surface area contributed by atoms with E-state index in [0.29, 0.717) is 24.0 Å². The van der Waals surface area contributed by atoms with Gasteiger partial charge in [0, 0.05) is 12.4 Å². The van der Waals surface area contributed by atoms with E-state index < -0.39 is 0 Å². The van der Waals surface area contributed by atoms with E-state index in [1.807, 2.05) is 34.9 Å². The second-order valence-corrected chi connectivity index (χ2v) is 5.19. The maximum absolute atomic E-state index is 5.84. The Balaban J connectivity index is 1.91. The molecule has 0 spiro atoms. The molecule has 2 aromatic heterocycles. The number of fused-ring (bicyclic) bond motifs is 1. The Morgan fingerprint density at radius 3 is 2.77 bits per heavy atom. The fourth-order valence-electron chi connectivity index (χ4n) is 2.19. The van der Waals surface area contributed by atoms with Gasteiger partial charge in [-0.1, -0.05) is 30.3 Å². The largest absolute Gasteiger partial charge is 0.471 e. The highest BCUT2D eigenvalue weighted by atomic mass is 35.5. The van der Waals surface area contributed by atoms with Crippen molar-refractivity contribution in [3.63, 3.8) is 0 Å². The smallest absolute Gasteiger partial charge is 0.245 e. The standard InChI is InChI=1S/C15H16ClN5O/c16-7-4-8-21-10-18-13-12(21)14(20-15(17)19-13)22-9-11-5-2-1-3-6-11/h1-3,5-6,10H,4,7-9H2,(H2,17,19,20). The summed E-state index contributed by atoms with van der Waals surface area (Å²) < 4.78 is 7.78. The average molecular weight is 318 g/mol. The first-order valence-electron chi connectivity index (χ1n) is 6.99. The van der Waals surface area contributed by atoms with Gasteiger partial charge in [-0.05, 0) is 12.0 Å². The van der Waals surface area contributed by atoms with Crippen LogP contribution in [-0.4, -0.2) is 25.4 Å². The van der Waals surface area contributed by atoms with Gasteiger partial charge in [-0.3, -0.25) is 0 Å². The van der Waals surface area contributed by atoms with Gasteiger partial charge in [0.15, 0.2) is 11.2 Å². The number of alkyl halides is 1. The number of aromatic nitrogens is 4. The van der Waals surface area contributed by atoms with Crippen LogP contribution in [-0.2, 0) is 13.2 Å². The molecule has 0 amide bonds. The summed E-state index contributed by atoms with van der Waals surface area (Å²) in [4.78, 5) is 12.6. The van der Waals surface area contributed by atoms with Gasteiger partial charge in [0.25, 0.3) is 0 Å². The zero-order chi connectivity index (χ0) is 15.4. The number of imidazole rings is 1. The lowest BCUT2D eigenvalue weighted by molar-refractivity contribution is 0.296. The van der Waals surface area contributed by atoms with E-state index >= 15 is 0 Å². The maximum Gasteiger partial charge on any atom is 0.245 e. The van der Waals surface area contributed by atoms with Gasteiger partial charge in [0.05, 0.1) is 6.33 Å². The summed E-state index contributed by atoms with van der Waals surface area (Å²) >= 11 is 5.76. The minimum atomic E-state index is 0.151. The van der Waals surface area contributed by atoms with E-state index in [1.54, 1.807) is 6.33 Å². The van der Waals surface area contributed by atoms with Gasteiger partial charge in [-0.25, -0.2) is 4.98 Å². The number of nitrogens with zero attached hydrogens (tertiary/aromatic N) is 4. The second-order valence-electron chi connectivity index (χ2n) is 4.81. The number of anilines is 1. The molecule has 0 bridgehead atoms. The lowest BCUT2D eigenvalue weighted by atomic mass is 10.2. The quantitative estimate of drug-likeness (QED) is 0.707. The number of aryl methyl sites for hydroxylation is 1. The Kier molecular flexibility index (Phi) is 4.39. The summed E-state index contributed by atoms with van der Waals surface area (Å²) in [5.74, 6) is 1.17. The highest BCUT2D eigenvalue weighted by Crippen LogP contribution is 2.24. The zero-order valence-electron chi connectivity index (χ0n) is 11.9. The fraction of sp³-hybridized carbons (Fsp3) is 0.267. The van der Waals surface area contributed by atoms with E-state index in [9.17, 15) is 0 Å². The number of nitrogen functional groups attached to an aromatic ring is 1. The molecule has 0 fully saturated rings. The van der Waals surface area contributed by atoms with Crippen molar-refractivity contribution in [1.29, 1.82) is 0 Å². The van der Waals surface area contributed by atoms with Gasteiger partial charge in [-0.2, -0.15) is 9.97 Å². The number of nitrogens with two attached hydrogens (primary N) is 1. The van der Waals surface area contributed by atoms with E-state index in [4.69, 9.17) is 22.1 Å². The molecule has 114 valence electrons. The average Bonchev–Trinajstić information content (AvgIpc) is 2.94. The van der Waals surface area contributed by atoms with Gasteiger partial charge in [0.2, 0.25) is 11.8 Å². The molecule has 0 aliphatic rings. The van der Waals surface area contributed by atoms with E-state index in [1.165, 1.54) is 0 Å². The summed E-state index contributed by atoms with van der Waals surface area (Å²) in [7, 11) is 0. The van der Waals surface area contributed by atoms with Crippen LogP contribution in [0.5, 0.6) is 5.88 Å². The van der Waals surface area contributed by atoms with Crippen LogP contribution in [0.1, 0.15) is 12.0 Å². The van der Waals surface area contributed by atoms with Crippen molar-refractivity contribution < 1.29 is 4.74 Å². The fourth-order valence-corrected chi connectivity index (χ4v) is 2.31. The third kappa shape index (κ3) is 3.12. The van der Waals surface area contributed by atoms with Crippen LogP contribution in [0.3, 0.4) is 0 Å². The molecule has 22 heavy (non-hydrogen) atoms. The van der Waals surface area contributed by atoms with Crippen molar-refractivity contribution >= 4 is 28.7 Å². The Hall–Kier alpha value is -2.34. The molecule has 2 N–H and O–H groups in total. The molecular formula is C15H16ClN5O. The van der Waals surface area contributed by atoms with Crippen LogP contribution < -0.4 is 10.5 Å². The number of benzene rings is 1. The summed E-state index contributed by atoms with van der Waals surface area (Å²) in [5.41, 5.74) is 8.06. The normalized spacial score (nSPS) is 11.0. The van der Waals surface area contributed by atoms with Crippen LogP contribution in [0.25, 0.3) is 11.2 Å². The number of hydrogen-bond acceptors (Lipinski definition) is 5. The number of hydrogen-bond donors (Lipinski definition) is 1. The lowest BCUT2D eigenvalue weighted by Gasteiger charge is -2.09. The maximum atomic E-state index is 5.84. The number of ether oxygens (including phenoxy) is 1. The minimum absolute atomic E-state index is 0.151. The molecule has 0 aliphatic carbocycles. The molecule has 0 atom stereocenters. The predicted octanol–water partition coefficient (Wildman–Crippen LogP) is 2.62. The molecule has 7 heteroatoms. The summed E-state index contributed by atoms with van der Waals surface area (Å²) in [6, 6.07) is 9.88. The van der Waals surface area contributed by atoms with Crippen LogP contribution >= 0.6 is 11.6 Å². The summed E-state index contributed by atoms with van der Waals surface area (Å²) in [6.45, 7) is 1.14. The van der Waals surface area contributed by atoms with Gasteiger partial charge in [0.1, 0.15) is 6.61 Å². The third-order valence-electron chi connectivity index (χ3n) is 3.21. The molecule has 3 rings (SSSR count). The highest BCUT2D eigenvalue weighted by molar-refractivity contribution is 6.17. The Morgan fingerprint density at radius 2 is 2.00 bits per heavy atom. The first-order valence-corrected chi connectivity index (χ1v) is 7.52. The van der Waals surface area contributed by atoms with Crippen LogP contribution in [0.4, 0.5) is 5.95 Å². The van der Waals surface area contributed by atoms with Gasteiger partial charge >= 0.3 is 0 Å². The molecule has 0 unspecified atom stereocenters. The molecule has 3 aromatic rings. The second kappa shape index (κ2) is 6.62. The van der Waals surface area contributed by atoms with Gasteiger partial charge in [-0.15, -0.1) is 11.6 Å². The minimum Gasteiger partial charge on any atom is -0.471 e. The monoisotopic (exact) mass is 317 g/mol. The first-order chi connectivity index (χ1) is 10.8. The van der Waals surface area contributed by atoms with Crippen molar-refractivity contribution in [3.05, 3.63) is 42.2 Å². The molecule has 0 saturated carbocycles. The summed E-state index contributed by atoms with van der Waals surface area (Å²) in [5, 5.41) is 0. The Labute approximate surface area is 132 Å².